The second-order valence-corrected chi connectivity index (χ2v) is 8.00. The van der Waals surface area contributed by atoms with E-state index in [0.717, 1.165) is 29.1 Å². The molecule has 5 nitrogen and oxygen atoms in total. The number of nitrogens with one attached hydrogen (secondary N) is 1. The first-order chi connectivity index (χ1) is 14.2. The minimum Gasteiger partial charge on any atom is -0.381 e. The lowest BCUT2D eigenvalue weighted by atomic mass is 9.80. The van der Waals surface area contributed by atoms with Gasteiger partial charge in [0.1, 0.15) is 5.01 Å². The number of benzene rings is 2. The van der Waals surface area contributed by atoms with Gasteiger partial charge in [0.2, 0.25) is 5.91 Å². The number of rotatable bonds is 5. The van der Waals surface area contributed by atoms with Crippen molar-refractivity contribution in [1.82, 2.24) is 10.3 Å². The largest absolute Gasteiger partial charge is 0.381 e. The fraction of sp³-hybridized carbons (Fsp3) is 0.261. The molecule has 0 saturated carbocycles. The Morgan fingerprint density at radius 2 is 1.97 bits per heavy atom. The average Bonchev–Trinajstić information content (AvgIpc) is 3.30. The van der Waals surface area contributed by atoms with Crippen molar-refractivity contribution in [1.29, 1.82) is 0 Å². The Bertz CT molecular complexity index is 1030. The number of aromatic nitrogens is 1. The van der Waals surface area contributed by atoms with Crippen molar-refractivity contribution < 1.29 is 9.53 Å². The van der Waals surface area contributed by atoms with Crippen LogP contribution in [0, 0.1) is 6.57 Å². The zero-order valence-corrected chi connectivity index (χ0v) is 16.7. The maximum absolute atomic E-state index is 12.7. The molecule has 4 rings (SSSR count). The van der Waals surface area contributed by atoms with Crippen LogP contribution in [0.25, 0.3) is 16.1 Å². The summed E-state index contributed by atoms with van der Waals surface area (Å²) in [4.78, 5) is 21.0. The Balaban J connectivity index is 1.55. The molecular formula is C23H21N3O2S. The predicted molar refractivity (Wildman–Crippen MR) is 114 cm³/mol. The highest BCUT2D eigenvalue weighted by atomic mass is 32.1. The van der Waals surface area contributed by atoms with Crippen LogP contribution in [0.4, 0.5) is 5.69 Å². The van der Waals surface area contributed by atoms with Crippen LogP contribution < -0.4 is 5.32 Å². The van der Waals surface area contributed by atoms with Crippen LogP contribution in [0.1, 0.15) is 28.2 Å². The van der Waals surface area contributed by atoms with Gasteiger partial charge < -0.3 is 10.1 Å². The molecule has 1 aliphatic heterocycles. The van der Waals surface area contributed by atoms with E-state index in [-0.39, 0.29) is 11.3 Å². The molecule has 1 saturated heterocycles. The molecule has 0 radical (unpaired) electrons. The number of amides is 1. The number of hydrogen-bond donors (Lipinski definition) is 1. The van der Waals surface area contributed by atoms with Crippen LogP contribution in [0.15, 0.2) is 60.0 Å². The normalized spacial score (nSPS) is 15.4. The highest BCUT2D eigenvalue weighted by Crippen LogP contribution is 2.38. The first-order valence-electron chi connectivity index (χ1n) is 9.55. The number of ether oxygens (including phenoxy) is 1. The number of carbonyl (C=O) groups excluding carboxylic acids is 1. The Morgan fingerprint density at radius 1 is 1.17 bits per heavy atom. The first kappa shape index (κ1) is 19.3. The van der Waals surface area contributed by atoms with Crippen molar-refractivity contribution in [2.45, 2.75) is 18.3 Å². The van der Waals surface area contributed by atoms with E-state index >= 15 is 0 Å². The van der Waals surface area contributed by atoms with E-state index in [1.807, 2.05) is 18.2 Å². The van der Waals surface area contributed by atoms with Gasteiger partial charge >= 0.3 is 0 Å². The van der Waals surface area contributed by atoms with Crippen LogP contribution in [-0.2, 0) is 10.2 Å². The van der Waals surface area contributed by atoms with Crippen molar-refractivity contribution in [2.75, 3.05) is 19.8 Å². The van der Waals surface area contributed by atoms with Crippen LogP contribution >= 0.6 is 11.3 Å². The summed E-state index contributed by atoms with van der Waals surface area (Å²) >= 11 is 1.65. The maximum atomic E-state index is 12.7. The number of hydrogen-bond acceptors (Lipinski definition) is 4. The van der Waals surface area contributed by atoms with Crippen molar-refractivity contribution >= 4 is 22.9 Å². The minimum atomic E-state index is -0.233. The predicted octanol–water partition coefficient (Wildman–Crippen LogP) is 4.84. The first-order valence-corrected chi connectivity index (χ1v) is 10.4. The number of thiazole rings is 1. The fourth-order valence-corrected chi connectivity index (χ4v) is 4.64. The third-order valence-electron chi connectivity index (χ3n) is 5.30. The van der Waals surface area contributed by atoms with Crippen molar-refractivity contribution in [3.63, 3.8) is 0 Å². The van der Waals surface area contributed by atoms with Gasteiger partial charge in [-0.15, -0.1) is 11.3 Å². The molecule has 0 atom stereocenters. The second-order valence-electron chi connectivity index (χ2n) is 7.14. The lowest BCUT2D eigenvalue weighted by molar-refractivity contribution is 0.0486. The molecule has 1 fully saturated rings. The van der Waals surface area contributed by atoms with E-state index in [9.17, 15) is 4.79 Å². The summed E-state index contributed by atoms with van der Waals surface area (Å²) in [6, 6.07) is 16.9. The Hall–Kier alpha value is -3.01. The SMILES string of the molecule is [C-]#[N+]c1cccc(C(=O)NCC2(c3nc(-c4ccccc4)cs3)CCOCC2)c1. The highest BCUT2D eigenvalue weighted by molar-refractivity contribution is 7.10. The van der Waals surface area contributed by atoms with Crippen molar-refractivity contribution in [3.05, 3.63) is 82.0 Å². The van der Waals surface area contributed by atoms with E-state index in [1.165, 1.54) is 0 Å². The zero-order valence-electron chi connectivity index (χ0n) is 15.9. The van der Waals surface area contributed by atoms with Gasteiger partial charge in [-0.3, -0.25) is 4.79 Å². The van der Waals surface area contributed by atoms with Gasteiger partial charge in [0.05, 0.1) is 12.3 Å². The molecule has 146 valence electrons. The Labute approximate surface area is 174 Å². The molecule has 0 unspecified atom stereocenters. The van der Waals surface area contributed by atoms with Crippen molar-refractivity contribution in [3.8, 4) is 11.3 Å². The molecule has 0 spiro atoms. The minimum absolute atomic E-state index is 0.166. The lowest BCUT2D eigenvalue weighted by Crippen LogP contribution is -2.44. The summed E-state index contributed by atoms with van der Waals surface area (Å²) in [5, 5.41) is 6.20. The van der Waals surface area contributed by atoms with Crippen molar-refractivity contribution in [2.24, 2.45) is 0 Å². The van der Waals surface area contributed by atoms with Crippen LogP contribution in [0.5, 0.6) is 0 Å². The van der Waals surface area contributed by atoms with E-state index in [1.54, 1.807) is 35.6 Å². The zero-order chi connectivity index (χ0) is 20.1. The van der Waals surface area contributed by atoms with Gasteiger partial charge in [0.15, 0.2) is 5.69 Å². The highest BCUT2D eigenvalue weighted by Gasteiger charge is 2.37. The van der Waals surface area contributed by atoms with E-state index in [2.05, 4.69) is 27.7 Å². The van der Waals surface area contributed by atoms with Crippen LogP contribution in [-0.4, -0.2) is 30.6 Å². The van der Waals surface area contributed by atoms with Gasteiger partial charge in [-0.2, -0.15) is 0 Å². The number of carbonyl (C=O) groups is 1. The van der Waals surface area contributed by atoms with E-state index in [0.29, 0.717) is 31.0 Å². The summed E-state index contributed by atoms with van der Waals surface area (Å²) in [5.74, 6) is -0.166. The van der Waals surface area contributed by atoms with Gasteiger partial charge in [0.25, 0.3) is 0 Å². The van der Waals surface area contributed by atoms with E-state index < -0.39 is 0 Å². The second kappa shape index (κ2) is 8.56. The number of nitrogens with zero attached hydrogens (tertiary/aromatic N) is 2. The molecular weight excluding hydrogens is 382 g/mol. The summed E-state index contributed by atoms with van der Waals surface area (Å²) in [6.07, 6.45) is 1.63. The molecule has 1 aliphatic rings. The smallest absolute Gasteiger partial charge is 0.250 e. The third kappa shape index (κ3) is 4.21. The molecule has 3 aromatic rings. The molecule has 0 aliphatic carbocycles. The molecule has 1 N–H and O–H groups in total. The third-order valence-corrected chi connectivity index (χ3v) is 6.39. The van der Waals surface area contributed by atoms with E-state index in [4.69, 9.17) is 16.3 Å². The summed E-state index contributed by atoms with van der Waals surface area (Å²) in [5.41, 5.74) is 2.80. The lowest BCUT2D eigenvalue weighted by Gasteiger charge is -2.35. The molecule has 2 aromatic carbocycles. The maximum Gasteiger partial charge on any atom is 0.250 e. The Kier molecular flexibility index (Phi) is 5.70. The monoisotopic (exact) mass is 403 g/mol. The van der Waals surface area contributed by atoms with Crippen LogP contribution in [0.3, 0.4) is 0 Å². The summed E-state index contributed by atoms with van der Waals surface area (Å²) in [6.45, 7) is 8.94. The van der Waals surface area contributed by atoms with Crippen LogP contribution in [0.2, 0.25) is 0 Å². The molecule has 6 heteroatoms. The summed E-state index contributed by atoms with van der Waals surface area (Å²) < 4.78 is 5.59. The fourth-order valence-electron chi connectivity index (χ4n) is 3.56. The van der Waals surface area contributed by atoms with Gasteiger partial charge in [-0.05, 0) is 18.9 Å². The quantitative estimate of drug-likeness (QED) is 0.620. The van der Waals surface area contributed by atoms with Gasteiger partial charge in [0, 0.05) is 41.7 Å². The molecule has 2 heterocycles. The summed E-state index contributed by atoms with van der Waals surface area (Å²) in [7, 11) is 0. The Morgan fingerprint density at radius 3 is 2.72 bits per heavy atom. The van der Waals surface area contributed by atoms with Gasteiger partial charge in [-0.1, -0.05) is 48.5 Å². The molecule has 1 aromatic heterocycles. The van der Waals surface area contributed by atoms with Gasteiger partial charge in [-0.25, -0.2) is 9.83 Å². The standard InChI is InChI=1S/C23H21N3O2S/c1-24-19-9-5-8-18(14-19)21(27)25-16-23(10-12-28-13-11-23)22-26-20(15-29-22)17-6-3-2-4-7-17/h2-9,14-15H,10-13,16H2,(H,25,27). The molecule has 1 amide bonds. The molecule has 29 heavy (non-hydrogen) atoms. The topological polar surface area (TPSA) is 55.6 Å². The molecule has 0 bridgehead atoms. The average molecular weight is 404 g/mol.